The van der Waals surface area contributed by atoms with Gasteiger partial charge >= 0.3 is 0 Å². The fourth-order valence-corrected chi connectivity index (χ4v) is 5.24. The zero-order chi connectivity index (χ0) is 26.8. The third kappa shape index (κ3) is 5.63. The van der Waals surface area contributed by atoms with E-state index in [2.05, 4.69) is 57.2 Å². The second-order valence-electron chi connectivity index (χ2n) is 11.4. The lowest BCUT2D eigenvalue weighted by atomic mass is 9.85. The van der Waals surface area contributed by atoms with E-state index in [0.717, 1.165) is 37.9 Å². The van der Waals surface area contributed by atoms with Crippen LogP contribution < -0.4 is 26.8 Å². The average Bonchev–Trinajstić information content (AvgIpc) is 3.46. The smallest absolute Gasteiger partial charge is 0.287 e. The Morgan fingerprint density at radius 3 is 2.53 bits per heavy atom. The van der Waals surface area contributed by atoms with Gasteiger partial charge in [0.15, 0.2) is 0 Å². The largest absolute Gasteiger partial charge is 0.340 e. The molecular weight excluding hydrogens is 478 g/mol. The van der Waals surface area contributed by atoms with Gasteiger partial charge in [-0.1, -0.05) is 39.0 Å². The number of nitrogens with zero attached hydrogens (tertiary/aromatic N) is 2. The molecule has 0 aliphatic carbocycles. The molecule has 200 valence electrons. The number of nitrogens with one attached hydrogen (secondary N) is 5. The highest BCUT2D eigenvalue weighted by Gasteiger charge is 2.38. The number of anilines is 2. The molecule has 0 saturated carbocycles. The van der Waals surface area contributed by atoms with E-state index in [1.165, 1.54) is 5.56 Å². The Balaban J connectivity index is 1.38. The number of carbonyl (C=O) groups excluding carboxylic acids is 1. The summed E-state index contributed by atoms with van der Waals surface area (Å²) in [6, 6.07) is 13.7. The van der Waals surface area contributed by atoms with Crippen molar-refractivity contribution in [2.45, 2.75) is 63.5 Å². The zero-order valence-electron chi connectivity index (χ0n) is 22.4. The maximum atomic E-state index is 13.4. The molecule has 2 saturated heterocycles. The van der Waals surface area contributed by atoms with Crippen molar-refractivity contribution in [2.24, 2.45) is 0 Å². The first-order chi connectivity index (χ1) is 18.2. The van der Waals surface area contributed by atoms with E-state index in [1.54, 1.807) is 6.07 Å². The molecule has 1 amide bonds. The third-order valence-corrected chi connectivity index (χ3v) is 7.56. The van der Waals surface area contributed by atoms with Crippen LogP contribution in [-0.4, -0.2) is 40.7 Å². The van der Waals surface area contributed by atoms with Crippen LogP contribution in [0.3, 0.4) is 0 Å². The molecule has 2 atom stereocenters. The monoisotopic (exact) mass is 515 g/mol. The Morgan fingerprint density at radius 2 is 1.89 bits per heavy atom. The van der Waals surface area contributed by atoms with Crippen molar-refractivity contribution < 1.29 is 4.79 Å². The predicted molar refractivity (Wildman–Crippen MR) is 149 cm³/mol. The molecule has 2 aliphatic heterocycles. The SMILES string of the molecule is CC(C)(C)c1ccc(C(=O)N[C@]2(c3cc(Nc4ccc(C5CCCN5)cn4)c(=O)[nH]n3)CCCNC2)cc1. The molecule has 5 rings (SSSR count). The fraction of sp³-hybridized carbons (Fsp3) is 0.448. The van der Waals surface area contributed by atoms with Crippen LogP contribution in [0.25, 0.3) is 0 Å². The number of benzene rings is 1. The Morgan fingerprint density at radius 1 is 1.08 bits per heavy atom. The van der Waals surface area contributed by atoms with Gasteiger partial charge < -0.3 is 21.3 Å². The van der Waals surface area contributed by atoms with Gasteiger partial charge in [0.2, 0.25) is 0 Å². The first-order valence-electron chi connectivity index (χ1n) is 13.4. The summed E-state index contributed by atoms with van der Waals surface area (Å²) in [5, 5.41) is 20.2. The highest BCUT2D eigenvalue weighted by atomic mass is 16.2. The minimum Gasteiger partial charge on any atom is -0.340 e. The van der Waals surface area contributed by atoms with Crippen LogP contribution in [0.15, 0.2) is 53.5 Å². The summed E-state index contributed by atoms with van der Waals surface area (Å²) >= 11 is 0. The minimum absolute atomic E-state index is 0.00925. The highest BCUT2D eigenvalue weighted by Crippen LogP contribution is 2.29. The minimum atomic E-state index is -0.760. The van der Waals surface area contributed by atoms with Gasteiger partial charge in [-0.15, -0.1) is 0 Å². The van der Waals surface area contributed by atoms with Crippen molar-refractivity contribution >= 4 is 17.4 Å². The first-order valence-corrected chi connectivity index (χ1v) is 13.4. The lowest BCUT2D eigenvalue weighted by Gasteiger charge is -2.38. The number of carbonyl (C=O) groups is 1. The van der Waals surface area contributed by atoms with Crippen molar-refractivity contribution in [3.05, 3.63) is 81.4 Å². The number of hydrogen-bond donors (Lipinski definition) is 5. The van der Waals surface area contributed by atoms with E-state index in [9.17, 15) is 9.59 Å². The number of rotatable bonds is 6. The summed E-state index contributed by atoms with van der Waals surface area (Å²) in [6.07, 6.45) is 5.68. The van der Waals surface area contributed by atoms with Crippen molar-refractivity contribution in [1.29, 1.82) is 0 Å². The van der Waals surface area contributed by atoms with Crippen LogP contribution in [0.2, 0.25) is 0 Å². The molecule has 3 aromatic rings. The molecule has 2 aliphatic rings. The zero-order valence-corrected chi connectivity index (χ0v) is 22.4. The normalized spacial score (nSPS) is 21.7. The molecule has 2 fully saturated rings. The number of aromatic nitrogens is 3. The maximum Gasteiger partial charge on any atom is 0.287 e. The number of aromatic amines is 1. The van der Waals surface area contributed by atoms with Crippen LogP contribution in [0.4, 0.5) is 11.5 Å². The highest BCUT2D eigenvalue weighted by molar-refractivity contribution is 5.94. The maximum absolute atomic E-state index is 13.4. The lowest BCUT2D eigenvalue weighted by molar-refractivity contribution is 0.0872. The summed E-state index contributed by atoms with van der Waals surface area (Å²) in [6.45, 7) is 8.84. The Kier molecular flexibility index (Phi) is 7.32. The van der Waals surface area contributed by atoms with Crippen LogP contribution >= 0.6 is 0 Å². The molecule has 0 spiro atoms. The van der Waals surface area contributed by atoms with Crippen molar-refractivity contribution in [2.75, 3.05) is 25.0 Å². The Labute approximate surface area is 223 Å². The molecule has 1 unspecified atom stereocenters. The Bertz CT molecular complexity index is 1310. The molecule has 4 heterocycles. The summed E-state index contributed by atoms with van der Waals surface area (Å²) in [4.78, 5) is 30.6. The number of pyridine rings is 1. The van der Waals surface area contributed by atoms with Gasteiger partial charge in [0.25, 0.3) is 11.5 Å². The van der Waals surface area contributed by atoms with Crippen molar-refractivity contribution in [3.8, 4) is 0 Å². The van der Waals surface area contributed by atoms with E-state index < -0.39 is 5.54 Å². The van der Waals surface area contributed by atoms with Gasteiger partial charge in [-0.25, -0.2) is 10.1 Å². The molecule has 1 aromatic carbocycles. The van der Waals surface area contributed by atoms with E-state index >= 15 is 0 Å². The molecule has 0 bridgehead atoms. The van der Waals surface area contributed by atoms with E-state index in [1.807, 2.05) is 42.6 Å². The van der Waals surface area contributed by atoms with Crippen molar-refractivity contribution in [1.82, 2.24) is 31.1 Å². The van der Waals surface area contributed by atoms with Crippen LogP contribution in [0.5, 0.6) is 0 Å². The third-order valence-electron chi connectivity index (χ3n) is 7.56. The number of amides is 1. The van der Waals surface area contributed by atoms with Crippen LogP contribution in [0.1, 0.15) is 79.7 Å². The lowest BCUT2D eigenvalue weighted by Crippen LogP contribution is -2.56. The quantitative estimate of drug-likeness (QED) is 0.340. The van der Waals surface area contributed by atoms with Gasteiger partial charge in [0.1, 0.15) is 11.5 Å². The number of hydrogen-bond acceptors (Lipinski definition) is 7. The van der Waals surface area contributed by atoms with E-state index in [-0.39, 0.29) is 16.9 Å². The molecule has 0 radical (unpaired) electrons. The molecule has 38 heavy (non-hydrogen) atoms. The molecule has 5 N–H and O–H groups in total. The molecule has 9 heteroatoms. The average molecular weight is 516 g/mol. The number of piperidine rings is 1. The molecular formula is C29H37N7O2. The van der Waals surface area contributed by atoms with E-state index in [4.69, 9.17) is 0 Å². The second-order valence-corrected chi connectivity index (χ2v) is 11.4. The van der Waals surface area contributed by atoms with Gasteiger partial charge in [0, 0.05) is 24.3 Å². The van der Waals surface area contributed by atoms with Gasteiger partial charge in [-0.05, 0) is 79.6 Å². The Hall–Kier alpha value is -3.56. The topological polar surface area (TPSA) is 124 Å². The van der Waals surface area contributed by atoms with Gasteiger partial charge in [0.05, 0.1) is 11.2 Å². The summed E-state index contributed by atoms with van der Waals surface area (Å²) in [7, 11) is 0. The van der Waals surface area contributed by atoms with Crippen LogP contribution in [-0.2, 0) is 11.0 Å². The predicted octanol–water partition coefficient (Wildman–Crippen LogP) is 3.64. The number of H-pyrrole nitrogens is 1. The summed E-state index contributed by atoms with van der Waals surface area (Å²) in [5.41, 5.74) is 2.73. The first kappa shape index (κ1) is 26.1. The van der Waals surface area contributed by atoms with Gasteiger partial charge in [-0.2, -0.15) is 5.10 Å². The standard InChI is InChI=1S/C29H37N7O2/c1-28(2,3)21-10-7-19(8-11-21)26(37)34-29(13-5-14-30-18-29)24-16-23(27(38)36-35-24)33-25-12-9-20(17-32-25)22-6-4-15-31-22/h7-12,16-17,22,30-31H,4-6,13-15,18H2,1-3H3,(H,34,37)(H,36,38)(H,32,33,35)/t22?,29-/m1/s1. The fourth-order valence-electron chi connectivity index (χ4n) is 5.24. The second kappa shape index (κ2) is 10.7. The molecule has 2 aromatic heterocycles. The molecule has 9 nitrogen and oxygen atoms in total. The van der Waals surface area contributed by atoms with Crippen LogP contribution in [0, 0.1) is 0 Å². The summed E-state index contributed by atoms with van der Waals surface area (Å²) < 4.78 is 0. The van der Waals surface area contributed by atoms with Gasteiger partial charge in [-0.3, -0.25) is 9.59 Å². The summed E-state index contributed by atoms with van der Waals surface area (Å²) in [5.74, 6) is 0.405. The van der Waals surface area contributed by atoms with Crippen molar-refractivity contribution in [3.63, 3.8) is 0 Å². The van der Waals surface area contributed by atoms with E-state index in [0.29, 0.717) is 41.8 Å².